The fourth-order valence-corrected chi connectivity index (χ4v) is 5.14. The second-order valence-electron chi connectivity index (χ2n) is 9.12. The van der Waals surface area contributed by atoms with Crippen molar-refractivity contribution in [2.75, 3.05) is 0 Å². The van der Waals surface area contributed by atoms with Crippen LogP contribution in [0.4, 0.5) is 0 Å². The quantitative estimate of drug-likeness (QED) is 0.274. The Morgan fingerprint density at radius 2 is 1.21 bits per heavy atom. The van der Waals surface area contributed by atoms with Crippen LogP contribution in [0.15, 0.2) is 121 Å². The Bertz CT molecular complexity index is 1410. The van der Waals surface area contributed by atoms with E-state index < -0.39 is 0 Å². The first-order valence-electron chi connectivity index (χ1n) is 12.6. The van der Waals surface area contributed by atoms with Crippen LogP contribution in [-0.2, 0) is 24.2 Å². The summed E-state index contributed by atoms with van der Waals surface area (Å²) in [4.78, 5) is 0. The van der Waals surface area contributed by atoms with Gasteiger partial charge in [0, 0.05) is 0 Å². The number of aryl methyl sites for hydroxylation is 2. The van der Waals surface area contributed by atoms with Crippen molar-refractivity contribution in [3.63, 3.8) is 0 Å². The molecule has 0 nitrogen and oxygen atoms in total. The van der Waals surface area contributed by atoms with Gasteiger partial charge in [0.1, 0.15) is 0 Å². The van der Waals surface area contributed by atoms with Gasteiger partial charge in [-0.15, -0.1) is 46.2 Å². The van der Waals surface area contributed by atoms with Crippen molar-refractivity contribution in [2.24, 2.45) is 0 Å². The molecule has 0 N–H and O–H groups in total. The molecule has 5 aromatic rings. The molecule has 0 aromatic heterocycles. The van der Waals surface area contributed by atoms with Gasteiger partial charge in [0.15, 0.2) is 0 Å². The molecule has 38 heavy (non-hydrogen) atoms. The van der Waals surface area contributed by atoms with E-state index in [1.54, 1.807) is 0 Å². The molecular formula is C35H32Cl2Zr-2. The summed E-state index contributed by atoms with van der Waals surface area (Å²) in [5.74, 6) is 0. The van der Waals surface area contributed by atoms with Crippen molar-refractivity contribution < 1.29 is 49.0 Å². The van der Waals surface area contributed by atoms with Crippen LogP contribution < -0.4 is 24.8 Å². The van der Waals surface area contributed by atoms with E-state index in [2.05, 4.69) is 142 Å². The number of hydrogen-bond donors (Lipinski definition) is 0. The molecule has 0 saturated carbocycles. The van der Waals surface area contributed by atoms with Crippen LogP contribution in [0, 0.1) is 19.9 Å². The van der Waals surface area contributed by atoms with Crippen molar-refractivity contribution in [3.8, 4) is 0 Å². The van der Waals surface area contributed by atoms with Crippen molar-refractivity contribution in [2.45, 2.75) is 33.6 Å². The second-order valence-corrected chi connectivity index (χ2v) is 10.3. The van der Waals surface area contributed by atoms with Crippen LogP contribution in [0.25, 0.3) is 21.5 Å². The van der Waals surface area contributed by atoms with Gasteiger partial charge in [0.25, 0.3) is 0 Å². The molecule has 0 spiro atoms. The summed E-state index contributed by atoms with van der Waals surface area (Å²) in [6.45, 7) is 6.44. The number of rotatable bonds is 3. The van der Waals surface area contributed by atoms with Crippen molar-refractivity contribution in [3.05, 3.63) is 149 Å². The topological polar surface area (TPSA) is 0 Å². The van der Waals surface area contributed by atoms with Gasteiger partial charge < -0.3 is 24.8 Å². The SMILES string of the molecule is CCC1=CC[C-]=C1.Cc1ccc2c(c1)[cH-]c1cc(C)ccc12.[Cl-].[Cl-].[Zr+2]=[C](c1ccccc1)c1ccccc1. The molecule has 0 bridgehead atoms. The molecule has 6 rings (SSSR count). The van der Waals surface area contributed by atoms with E-state index in [-0.39, 0.29) is 24.8 Å². The molecule has 1 aliphatic carbocycles. The summed E-state index contributed by atoms with van der Waals surface area (Å²) >= 11 is 1.46. The number of halogens is 2. The Kier molecular flexibility index (Phi) is 13.3. The first-order chi connectivity index (χ1) is 17.5. The maximum atomic E-state index is 3.11. The third-order valence-corrected chi connectivity index (χ3v) is 7.74. The van der Waals surface area contributed by atoms with Crippen molar-refractivity contribution in [1.82, 2.24) is 0 Å². The number of hydrogen-bond acceptors (Lipinski definition) is 0. The molecular weight excluding hydrogens is 583 g/mol. The van der Waals surface area contributed by atoms with Crippen LogP contribution >= 0.6 is 0 Å². The summed E-state index contributed by atoms with van der Waals surface area (Å²) in [5, 5.41) is 5.46. The predicted molar refractivity (Wildman–Crippen MR) is 153 cm³/mol. The van der Waals surface area contributed by atoms with Crippen LogP contribution in [-0.4, -0.2) is 3.21 Å². The number of allylic oxidation sites excluding steroid dienone is 4. The molecule has 0 radical (unpaired) electrons. The van der Waals surface area contributed by atoms with E-state index in [4.69, 9.17) is 0 Å². The average molecular weight is 615 g/mol. The van der Waals surface area contributed by atoms with E-state index in [0.29, 0.717) is 0 Å². The zero-order valence-corrected chi connectivity index (χ0v) is 26.1. The van der Waals surface area contributed by atoms with Crippen LogP contribution in [0.5, 0.6) is 0 Å². The zero-order chi connectivity index (χ0) is 25.3. The molecule has 5 aromatic carbocycles. The third kappa shape index (κ3) is 8.54. The summed E-state index contributed by atoms with van der Waals surface area (Å²) in [5.41, 5.74) is 6.75. The molecule has 0 atom stereocenters. The molecule has 0 unspecified atom stereocenters. The second kappa shape index (κ2) is 15.8. The molecule has 3 heteroatoms. The Morgan fingerprint density at radius 3 is 1.58 bits per heavy atom. The van der Waals surface area contributed by atoms with Crippen molar-refractivity contribution >= 4 is 24.8 Å². The summed E-state index contributed by atoms with van der Waals surface area (Å²) in [6.07, 6.45) is 9.57. The van der Waals surface area contributed by atoms with Gasteiger partial charge in [-0.3, -0.25) is 6.08 Å². The number of benzene rings is 4. The van der Waals surface area contributed by atoms with Gasteiger partial charge in [0.05, 0.1) is 0 Å². The minimum atomic E-state index is 0. The maximum absolute atomic E-state index is 3.11. The summed E-state index contributed by atoms with van der Waals surface area (Å²) in [6, 6.07) is 36.7. The van der Waals surface area contributed by atoms with E-state index in [0.717, 1.165) is 12.8 Å². The van der Waals surface area contributed by atoms with Gasteiger partial charge in [-0.25, -0.2) is 11.6 Å². The van der Waals surface area contributed by atoms with E-state index in [9.17, 15) is 0 Å². The van der Waals surface area contributed by atoms with Gasteiger partial charge in [0.2, 0.25) is 0 Å². The molecule has 1 aliphatic rings. The molecule has 0 heterocycles. The molecule has 0 fully saturated rings. The van der Waals surface area contributed by atoms with Crippen LogP contribution in [0.2, 0.25) is 0 Å². The van der Waals surface area contributed by atoms with Crippen molar-refractivity contribution in [1.29, 1.82) is 0 Å². The van der Waals surface area contributed by atoms with Crippen LogP contribution in [0.3, 0.4) is 0 Å². The zero-order valence-electron chi connectivity index (χ0n) is 22.1. The van der Waals surface area contributed by atoms with Gasteiger partial charge >= 0.3 is 99.2 Å². The third-order valence-electron chi connectivity index (χ3n) is 6.32. The van der Waals surface area contributed by atoms with Gasteiger partial charge in [-0.05, 0) is 13.8 Å². The normalized spacial score (nSPS) is 11.3. The van der Waals surface area contributed by atoms with Gasteiger partial charge in [-0.2, -0.15) is 6.08 Å². The first kappa shape index (κ1) is 31.8. The van der Waals surface area contributed by atoms with E-state index in [1.165, 1.54) is 76.8 Å². The monoisotopic (exact) mass is 612 g/mol. The Balaban J connectivity index is 0.000000207. The predicted octanol–water partition coefficient (Wildman–Crippen LogP) is 3.22. The fourth-order valence-electron chi connectivity index (χ4n) is 4.32. The minimum absolute atomic E-state index is 0. The standard InChI is InChI=1S/C15H13.C13H10.C7H9.2ClH.Zr/c1-10-3-5-14-12(7-10)9-13-8-11(2)4-6-15(13)14;1-3-7-12(8-4-1)11-13-9-5-2-6-10-13;1-2-7-5-3-4-6-7;;;/h3-9H,1-2H3;1-10H;5-6H,2-3H2,1H3;2*1H;/q-1;;-1;;;+2/p-2. The Labute approximate surface area is 255 Å². The summed E-state index contributed by atoms with van der Waals surface area (Å²) < 4.78 is 1.42. The van der Waals surface area contributed by atoms with E-state index in [1.807, 2.05) is 0 Å². The van der Waals surface area contributed by atoms with Crippen LogP contribution in [0.1, 0.15) is 42.0 Å². The average Bonchev–Trinajstić information content (AvgIpc) is 3.57. The van der Waals surface area contributed by atoms with E-state index >= 15 is 0 Å². The number of fused-ring (bicyclic) bond motifs is 3. The fraction of sp³-hybridized carbons (Fsp3) is 0.143. The molecule has 0 amide bonds. The van der Waals surface area contributed by atoms with Gasteiger partial charge in [-0.1, -0.05) is 48.7 Å². The molecule has 192 valence electrons. The Morgan fingerprint density at radius 1 is 0.737 bits per heavy atom. The first-order valence-corrected chi connectivity index (χ1v) is 13.8. The summed E-state index contributed by atoms with van der Waals surface area (Å²) in [7, 11) is 0. The molecule has 0 saturated heterocycles. The molecule has 0 aliphatic heterocycles. The Hall–Kier alpha value is -2.44.